The molecule has 0 aromatic carbocycles. The zero-order valence-corrected chi connectivity index (χ0v) is 8.75. The second-order valence-corrected chi connectivity index (χ2v) is 3.92. The van der Waals surface area contributed by atoms with Gasteiger partial charge in [0.2, 0.25) is 5.91 Å². The van der Waals surface area contributed by atoms with Crippen LogP contribution in [0.25, 0.3) is 6.08 Å². The number of rotatable bonds is 4. The zero-order valence-electron chi connectivity index (χ0n) is 7.93. The van der Waals surface area contributed by atoms with Crippen LogP contribution in [0.1, 0.15) is 11.8 Å². The van der Waals surface area contributed by atoms with Crippen LogP contribution in [0, 0.1) is 0 Å². The van der Waals surface area contributed by atoms with Crippen molar-refractivity contribution >= 4 is 23.3 Å². The van der Waals surface area contributed by atoms with Gasteiger partial charge in [-0.15, -0.1) is 11.3 Å². The molecule has 14 heavy (non-hydrogen) atoms. The number of aliphatic hydroxyl groups is 1. The summed E-state index contributed by atoms with van der Waals surface area (Å²) in [6.45, 7) is 1.91. The fourth-order valence-corrected chi connectivity index (χ4v) is 1.47. The van der Waals surface area contributed by atoms with Gasteiger partial charge in [0.25, 0.3) is 0 Å². The molecule has 1 amide bonds. The molecule has 0 saturated heterocycles. The molecule has 0 bridgehead atoms. The maximum absolute atomic E-state index is 11.1. The molecule has 1 rings (SSSR count). The molecule has 0 aliphatic carbocycles. The average Bonchev–Trinajstić information content (AvgIpc) is 2.63. The Morgan fingerprint density at radius 3 is 3.14 bits per heavy atom. The van der Waals surface area contributed by atoms with Gasteiger partial charge < -0.3 is 10.4 Å². The maximum atomic E-state index is 11.1. The lowest BCUT2D eigenvalue weighted by molar-refractivity contribution is -0.116. The number of carbonyl (C=O) groups excluding carboxylic acids is 1. The molecule has 3 nitrogen and oxygen atoms in total. The number of hydrogen-bond acceptors (Lipinski definition) is 3. The van der Waals surface area contributed by atoms with Crippen molar-refractivity contribution < 1.29 is 9.90 Å². The van der Waals surface area contributed by atoms with Gasteiger partial charge in [0.15, 0.2) is 0 Å². The average molecular weight is 211 g/mol. The molecule has 4 heteroatoms. The minimum Gasteiger partial charge on any atom is -0.392 e. The van der Waals surface area contributed by atoms with Crippen LogP contribution >= 0.6 is 11.3 Å². The number of nitrogens with one attached hydrogen (secondary N) is 1. The lowest BCUT2D eigenvalue weighted by Gasteiger charge is -2.03. The summed E-state index contributed by atoms with van der Waals surface area (Å²) in [6.07, 6.45) is 2.71. The number of hydrogen-bond donors (Lipinski definition) is 2. The molecular formula is C10H13NO2S. The summed E-state index contributed by atoms with van der Waals surface area (Å²) in [5.74, 6) is -0.181. The molecule has 1 heterocycles. The Labute approximate surface area is 87.1 Å². The highest BCUT2D eigenvalue weighted by molar-refractivity contribution is 7.10. The van der Waals surface area contributed by atoms with Gasteiger partial charge in [0.1, 0.15) is 0 Å². The van der Waals surface area contributed by atoms with Crippen LogP contribution in [-0.2, 0) is 4.79 Å². The smallest absolute Gasteiger partial charge is 0.244 e. The molecule has 0 radical (unpaired) electrons. The first kappa shape index (κ1) is 10.9. The van der Waals surface area contributed by atoms with Crippen molar-refractivity contribution in [1.29, 1.82) is 0 Å². The molecule has 1 unspecified atom stereocenters. The van der Waals surface area contributed by atoms with Crippen molar-refractivity contribution in [2.75, 3.05) is 6.54 Å². The van der Waals surface area contributed by atoms with E-state index in [1.807, 2.05) is 17.5 Å². The van der Waals surface area contributed by atoms with Gasteiger partial charge >= 0.3 is 0 Å². The van der Waals surface area contributed by atoms with E-state index in [-0.39, 0.29) is 12.5 Å². The van der Waals surface area contributed by atoms with E-state index in [4.69, 9.17) is 5.11 Å². The molecular weight excluding hydrogens is 198 g/mol. The van der Waals surface area contributed by atoms with Gasteiger partial charge in [0, 0.05) is 17.5 Å². The van der Waals surface area contributed by atoms with Crippen LogP contribution in [0.2, 0.25) is 0 Å². The van der Waals surface area contributed by atoms with E-state index in [1.54, 1.807) is 24.3 Å². The zero-order chi connectivity index (χ0) is 10.4. The van der Waals surface area contributed by atoms with Crippen molar-refractivity contribution in [3.63, 3.8) is 0 Å². The van der Waals surface area contributed by atoms with E-state index >= 15 is 0 Å². The summed E-state index contributed by atoms with van der Waals surface area (Å²) in [7, 11) is 0. The molecule has 0 fully saturated rings. The minimum absolute atomic E-state index is 0.181. The predicted molar refractivity (Wildman–Crippen MR) is 58.0 cm³/mol. The normalized spacial score (nSPS) is 13.0. The quantitative estimate of drug-likeness (QED) is 0.737. The highest BCUT2D eigenvalue weighted by Gasteiger charge is 1.98. The van der Waals surface area contributed by atoms with Crippen LogP contribution in [0.3, 0.4) is 0 Å². The fourth-order valence-electron chi connectivity index (χ4n) is 0.851. The van der Waals surface area contributed by atoms with E-state index in [0.29, 0.717) is 0 Å². The molecule has 1 aromatic heterocycles. The summed E-state index contributed by atoms with van der Waals surface area (Å²) in [6, 6.07) is 3.86. The monoisotopic (exact) mass is 211 g/mol. The van der Waals surface area contributed by atoms with E-state index in [1.165, 1.54) is 6.08 Å². The SMILES string of the molecule is CC(O)CNC(=O)/C=C/c1cccs1. The Balaban J connectivity index is 2.34. The fraction of sp³-hybridized carbons (Fsp3) is 0.300. The lowest BCUT2D eigenvalue weighted by atomic mass is 10.3. The second-order valence-electron chi connectivity index (χ2n) is 2.94. The Kier molecular flexibility index (Phi) is 4.35. The van der Waals surface area contributed by atoms with Crippen LogP contribution in [0.4, 0.5) is 0 Å². The van der Waals surface area contributed by atoms with Gasteiger partial charge in [-0.25, -0.2) is 0 Å². The highest BCUT2D eigenvalue weighted by atomic mass is 32.1. The summed E-state index contributed by atoms with van der Waals surface area (Å²) in [4.78, 5) is 12.2. The van der Waals surface area contributed by atoms with Crippen LogP contribution in [0.15, 0.2) is 23.6 Å². The number of amides is 1. The molecule has 0 saturated carbocycles. The third kappa shape index (κ3) is 4.20. The largest absolute Gasteiger partial charge is 0.392 e. The first-order valence-corrected chi connectivity index (χ1v) is 5.24. The topological polar surface area (TPSA) is 49.3 Å². The molecule has 76 valence electrons. The summed E-state index contributed by atoms with van der Waals surface area (Å²) in [5.41, 5.74) is 0. The second kappa shape index (κ2) is 5.57. The Morgan fingerprint density at radius 1 is 1.79 bits per heavy atom. The van der Waals surface area contributed by atoms with E-state index < -0.39 is 6.10 Å². The Bertz CT molecular complexity index is 304. The standard InChI is InChI=1S/C10H13NO2S/c1-8(12)7-11-10(13)5-4-9-3-2-6-14-9/h2-6,8,12H,7H2,1H3,(H,11,13)/b5-4+. The summed E-state index contributed by atoms with van der Waals surface area (Å²) in [5, 5.41) is 13.4. The predicted octanol–water partition coefficient (Wildman–Crippen LogP) is 1.26. The Hall–Kier alpha value is -1.13. The van der Waals surface area contributed by atoms with Crippen molar-refractivity contribution in [2.45, 2.75) is 13.0 Å². The van der Waals surface area contributed by atoms with Crippen LogP contribution in [0.5, 0.6) is 0 Å². The van der Waals surface area contributed by atoms with Gasteiger partial charge in [-0.05, 0) is 24.4 Å². The van der Waals surface area contributed by atoms with Crippen molar-refractivity contribution in [3.8, 4) is 0 Å². The maximum Gasteiger partial charge on any atom is 0.244 e. The first-order chi connectivity index (χ1) is 6.68. The van der Waals surface area contributed by atoms with Gasteiger partial charge in [-0.3, -0.25) is 4.79 Å². The number of carbonyl (C=O) groups is 1. The molecule has 1 aromatic rings. The number of thiophene rings is 1. The van der Waals surface area contributed by atoms with Crippen molar-refractivity contribution in [3.05, 3.63) is 28.5 Å². The molecule has 1 atom stereocenters. The third-order valence-electron chi connectivity index (χ3n) is 1.51. The molecule has 0 aliphatic heterocycles. The molecule has 0 aliphatic rings. The molecule has 0 spiro atoms. The van der Waals surface area contributed by atoms with Gasteiger partial charge in [-0.1, -0.05) is 6.07 Å². The van der Waals surface area contributed by atoms with Crippen molar-refractivity contribution in [2.24, 2.45) is 0 Å². The van der Waals surface area contributed by atoms with Gasteiger partial charge in [-0.2, -0.15) is 0 Å². The highest BCUT2D eigenvalue weighted by Crippen LogP contribution is 2.09. The van der Waals surface area contributed by atoms with Crippen LogP contribution in [-0.4, -0.2) is 23.7 Å². The minimum atomic E-state index is -0.505. The number of aliphatic hydroxyl groups excluding tert-OH is 1. The molecule has 2 N–H and O–H groups in total. The van der Waals surface area contributed by atoms with Gasteiger partial charge in [0.05, 0.1) is 6.10 Å². The van der Waals surface area contributed by atoms with Crippen molar-refractivity contribution in [1.82, 2.24) is 5.32 Å². The van der Waals surface area contributed by atoms with E-state index in [9.17, 15) is 4.79 Å². The summed E-state index contributed by atoms with van der Waals surface area (Å²) >= 11 is 1.57. The first-order valence-electron chi connectivity index (χ1n) is 4.36. The van der Waals surface area contributed by atoms with Crippen LogP contribution < -0.4 is 5.32 Å². The Morgan fingerprint density at radius 2 is 2.57 bits per heavy atom. The lowest BCUT2D eigenvalue weighted by Crippen LogP contribution is -2.28. The summed E-state index contributed by atoms with van der Waals surface area (Å²) < 4.78 is 0. The van der Waals surface area contributed by atoms with E-state index in [2.05, 4.69) is 5.32 Å². The third-order valence-corrected chi connectivity index (χ3v) is 2.35. The van der Waals surface area contributed by atoms with E-state index in [0.717, 1.165) is 4.88 Å².